The number of carbonyl (C=O) groups excluding carboxylic acids is 2. The van der Waals surface area contributed by atoms with E-state index in [-0.39, 0.29) is 56.0 Å². The molecule has 1 spiro atoms. The van der Waals surface area contributed by atoms with Gasteiger partial charge >= 0.3 is 17.4 Å². The van der Waals surface area contributed by atoms with Gasteiger partial charge in [-0.25, -0.2) is 8.42 Å². The van der Waals surface area contributed by atoms with E-state index in [4.69, 9.17) is 18.9 Å². The highest BCUT2D eigenvalue weighted by Crippen LogP contribution is 2.50. The Kier molecular flexibility index (Phi) is 6.36. The molecular weight excluding hydrogens is 445 g/mol. The molecule has 0 bridgehead atoms. The molecule has 1 aliphatic heterocycles. The SMILES string of the molecule is CCOC(=O)C(C(=O)OCC)c1ccc(S(=O)(=O)C(F)(F)F)c2c1CCC21OCCO1. The third kappa shape index (κ3) is 3.92. The lowest BCUT2D eigenvalue weighted by atomic mass is 9.91. The van der Waals surface area contributed by atoms with Crippen molar-refractivity contribution in [2.24, 2.45) is 0 Å². The molecule has 0 aromatic heterocycles. The van der Waals surface area contributed by atoms with Gasteiger partial charge in [-0.3, -0.25) is 9.59 Å². The minimum atomic E-state index is -5.76. The first-order chi connectivity index (χ1) is 14.5. The number of benzene rings is 1. The molecule has 0 saturated carbocycles. The van der Waals surface area contributed by atoms with Crippen molar-refractivity contribution >= 4 is 21.8 Å². The van der Waals surface area contributed by atoms with Crippen molar-refractivity contribution in [3.05, 3.63) is 28.8 Å². The molecule has 1 heterocycles. The van der Waals surface area contributed by atoms with E-state index in [0.29, 0.717) is 0 Å². The molecule has 1 fully saturated rings. The number of alkyl halides is 3. The lowest BCUT2D eigenvalue weighted by molar-refractivity contribution is -0.165. The van der Waals surface area contributed by atoms with E-state index in [9.17, 15) is 31.2 Å². The van der Waals surface area contributed by atoms with E-state index >= 15 is 0 Å². The lowest BCUT2D eigenvalue weighted by Gasteiger charge is -2.26. The van der Waals surface area contributed by atoms with Gasteiger partial charge in [-0.15, -0.1) is 0 Å². The van der Waals surface area contributed by atoms with E-state index in [1.165, 1.54) is 13.8 Å². The van der Waals surface area contributed by atoms with E-state index in [0.717, 1.165) is 12.1 Å². The number of hydrogen-bond acceptors (Lipinski definition) is 8. The largest absolute Gasteiger partial charge is 0.501 e. The number of rotatable bonds is 6. The molecule has 31 heavy (non-hydrogen) atoms. The summed E-state index contributed by atoms with van der Waals surface area (Å²) < 4.78 is 85.6. The van der Waals surface area contributed by atoms with Gasteiger partial charge < -0.3 is 18.9 Å². The van der Waals surface area contributed by atoms with Crippen molar-refractivity contribution in [1.29, 1.82) is 0 Å². The Morgan fingerprint density at radius 2 is 1.65 bits per heavy atom. The fraction of sp³-hybridized carbons (Fsp3) is 0.579. The summed E-state index contributed by atoms with van der Waals surface area (Å²) in [6.07, 6.45) is 0.0548. The molecule has 3 rings (SSSR count). The first-order valence-corrected chi connectivity index (χ1v) is 11.1. The van der Waals surface area contributed by atoms with Gasteiger partial charge in [0, 0.05) is 12.0 Å². The first-order valence-electron chi connectivity index (χ1n) is 9.59. The molecule has 1 saturated heterocycles. The number of carbonyl (C=O) groups is 2. The van der Waals surface area contributed by atoms with Crippen LogP contribution in [-0.2, 0) is 50.6 Å². The Hall–Kier alpha value is -2.18. The number of halogens is 3. The van der Waals surface area contributed by atoms with Crippen LogP contribution in [0, 0.1) is 0 Å². The van der Waals surface area contributed by atoms with E-state index in [1.54, 1.807) is 0 Å². The maximum atomic E-state index is 13.4. The summed E-state index contributed by atoms with van der Waals surface area (Å²) >= 11 is 0. The van der Waals surface area contributed by atoms with Crippen molar-refractivity contribution in [3.8, 4) is 0 Å². The molecule has 8 nitrogen and oxygen atoms in total. The normalized spacial score (nSPS) is 17.7. The van der Waals surface area contributed by atoms with Crippen LogP contribution >= 0.6 is 0 Å². The Bertz CT molecular complexity index is 963. The van der Waals surface area contributed by atoms with E-state index < -0.39 is 43.9 Å². The van der Waals surface area contributed by atoms with Crippen LogP contribution < -0.4 is 0 Å². The minimum absolute atomic E-state index is 0.00370. The van der Waals surface area contributed by atoms with Crippen LogP contribution in [0.3, 0.4) is 0 Å². The van der Waals surface area contributed by atoms with Crippen LogP contribution in [0.2, 0.25) is 0 Å². The van der Waals surface area contributed by atoms with Crippen LogP contribution in [0.4, 0.5) is 13.2 Å². The predicted octanol–water partition coefficient (Wildman–Crippen LogP) is 2.34. The number of ether oxygens (including phenoxy) is 4. The zero-order chi connectivity index (χ0) is 23.0. The van der Waals surface area contributed by atoms with Crippen LogP contribution in [-0.4, -0.2) is 52.3 Å². The topological polar surface area (TPSA) is 105 Å². The smallest absolute Gasteiger partial charge is 0.465 e. The fourth-order valence-corrected chi connectivity index (χ4v) is 4.95. The molecule has 1 aromatic rings. The molecule has 0 unspecified atom stereocenters. The Morgan fingerprint density at radius 1 is 1.10 bits per heavy atom. The monoisotopic (exact) mass is 466 g/mol. The molecule has 0 N–H and O–H groups in total. The predicted molar refractivity (Wildman–Crippen MR) is 97.6 cm³/mol. The molecule has 2 aliphatic rings. The van der Waals surface area contributed by atoms with Gasteiger partial charge in [-0.2, -0.15) is 13.2 Å². The Labute approximate surface area is 176 Å². The summed E-state index contributed by atoms with van der Waals surface area (Å²) in [5, 5.41) is 0. The molecule has 0 radical (unpaired) electrons. The average Bonchev–Trinajstić information content (AvgIpc) is 3.30. The summed E-state index contributed by atoms with van der Waals surface area (Å²) in [5.41, 5.74) is -5.83. The number of fused-ring (bicyclic) bond motifs is 2. The molecule has 12 heteroatoms. The zero-order valence-electron chi connectivity index (χ0n) is 16.8. The van der Waals surface area contributed by atoms with Crippen molar-refractivity contribution in [2.45, 2.75) is 48.8 Å². The maximum absolute atomic E-state index is 13.4. The van der Waals surface area contributed by atoms with Crippen LogP contribution in [0.25, 0.3) is 0 Å². The summed E-state index contributed by atoms with van der Waals surface area (Å²) in [6.45, 7) is 3.06. The standard InChI is InChI=1S/C19H21F3O8S/c1-3-27-16(23)14(17(24)28-4-2)11-5-6-13(31(25,26)19(20,21)22)15-12(11)7-8-18(15)29-9-10-30-18/h5-6,14H,3-4,7-10H2,1-2H3. The molecule has 0 amide bonds. The third-order valence-electron chi connectivity index (χ3n) is 5.10. The highest BCUT2D eigenvalue weighted by molar-refractivity contribution is 7.92. The van der Waals surface area contributed by atoms with E-state index in [2.05, 4.69) is 0 Å². The maximum Gasteiger partial charge on any atom is 0.501 e. The summed E-state index contributed by atoms with van der Waals surface area (Å²) in [7, 11) is -5.76. The van der Waals surface area contributed by atoms with Crippen LogP contribution in [0.5, 0.6) is 0 Å². The van der Waals surface area contributed by atoms with Gasteiger partial charge in [0.25, 0.3) is 9.84 Å². The van der Waals surface area contributed by atoms with Gasteiger partial charge in [0.05, 0.1) is 31.3 Å². The third-order valence-corrected chi connectivity index (χ3v) is 6.63. The van der Waals surface area contributed by atoms with Crippen molar-refractivity contribution < 1.29 is 50.1 Å². The second-order valence-electron chi connectivity index (χ2n) is 6.84. The van der Waals surface area contributed by atoms with Gasteiger partial charge in [0.1, 0.15) is 0 Å². The highest BCUT2D eigenvalue weighted by atomic mass is 32.2. The minimum Gasteiger partial charge on any atom is -0.465 e. The number of sulfone groups is 1. The van der Waals surface area contributed by atoms with Crippen molar-refractivity contribution in [2.75, 3.05) is 26.4 Å². The van der Waals surface area contributed by atoms with Crippen molar-refractivity contribution in [3.63, 3.8) is 0 Å². The molecule has 172 valence electrons. The van der Waals surface area contributed by atoms with E-state index in [1.807, 2.05) is 0 Å². The number of esters is 2. The van der Waals surface area contributed by atoms with Gasteiger partial charge in [0.15, 0.2) is 11.7 Å². The summed E-state index contributed by atoms with van der Waals surface area (Å²) in [4.78, 5) is 24.0. The number of hydrogen-bond donors (Lipinski definition) is 0. The summed E-state index contributed by atoms with van der Waals surface area (Å²) in [5.74, 6) is -5.20. The highest BCUT2D eigenvalue weighted by Gasteiger charge is 2.55. The van der Waals surface area contributed by atoms with Gasteiger partial charge in [-0.05, 0) is 37.5 Å². The van der Waals surface area contributed by atoms with Gasteiger partial charge in [0.2, 0.25) is 0 Å². The fourth-order valence-electron chi connectivity index (χ4n) is 3.91. The zero-order valence-corrected chi connectivity index (χ0v) is 17.6. The molecule has 0 atom stereocenters. The van der Waals surface area contributed by atoms with Gasteiger partial charge in [-0.1, -0.05) is 6.07 Å². The second-order valence-corrected chi connectivity index (χ2v) is 8.75. The molecule has 1 aliphatic carbocycles. The van der Waals surface area contributed by atoms with Crippen LogP contribution in [0.1, 0.15) is 42.9 Å². The summed E-state index contributed by atoms with van der Waals surface area (Å²) in [6, 6.07) is 1.74. The molecule has 1 aromatic carbocycles. The molecular formula is C19H21F3O8S. The Morgan fingerprint density at radius 3 is 2.13 bits per heavy atom. The van der Waals surface area contributed by atoms with Crippen LogP contribution in [0.15, 0.2) is 17.0 Å². The second kappa shape index (κ2) is 8.40. The van der Waals surface area contributed by atoms with Crippen molar-refractivity contribution in [1.82, 2.24) is 0 Å². The average molecular weight is 466 g/mol. The quantitative estimate of drug-likeness (QED) is 0.465. The first kappa shape index (κ1) is 23.5. The Balaban J connectivity index is 2.27. The lowest BCUT2D eigenvalue weighted by Crippen LogP contribution is -2.31.